The summed E-state index contributed by atoms with van der Waals surface area (Å²) >= 11 is 9.26. The van der Waals surface area contributed by atoms with Gasteiger partial charge in [0.25, 0.3) is 0 Å². The Morgan fingerprint density at radius 3 is 2.53 bits per heavy atom. The lowest BCUT2D eigenvalue weighted by molar-refractivity contribution is 0.169. The third-order valence-corrected chi connectivity index (χ3v) is 3.18. The maximum Gasteiger partial charge on any atom is 0.158 e. The SMILES string of the molecule is COn1c(C#N)cc(Br)c1-c1ccc(Cl)cc1. The topological polar surface area (TPSA) is 38.0 Å². The summed E-state index contributed by atoms with van der Waals surface area (Å²) in [6.07, 6.45) is 0. The Bertz CT molecular complexity index is 584. The standard InChI is InChI=1S/C12H8BrClN2O/c1-17-16-10(7-15)6-11(13)12(16)8-2-4-9(14)5-3-8/h2-6H,1H3. The third-order valence-electron chi connectivity index (χ3n) is 2.33. The van der Waals surface area contributed by atoms with E-state index >= 15 is 0 Å². The summed E-state index contributed by atoms with van der Waals surface area (Å²) in [6, 6.07) is 11.1. The first-order valence-electron chi connectivity index (χ1n) is 4.79. The molecule has 0 atom stereocenters. The summed E-state index contributed by atoms with van der Waals surface area (Å²) in [4.78, 5) is 5.20. The van der Waals surface area contributed by atoms with Crippen molar-refractivity contribution < 1.29 is 4.84 Å². The zero-order valence-corrected chi connectivity index (χ0v) is 11.3. The monoisotopic (exact) mass is 310 g/mol. The molecule has 0 aliphatic rings. The second kappa shape index (κ2) is 4.82. The van der Waals surface area contributed by atoms with E-state index in [0.29, 0.717) is 10.7 Å². The van der Waals surface area contributed by atoms with Crippen molar-refractivity contribution in [3.63, 3.8) is 0 Å². The van der Waals surface area contributed by atoms with Crippen LogP contribution in [0.1, 0.15) is 5.69 Å². The van der Waals surface area contributed by atoms with Crippen LogP contribution >= 0.6 is 27.5 Å². The van der Waals surface area contributed by atoms with Crippen molar-refractivity contribution in [2.75, 3.05) is 7.11 Å². The van der Waals surface area contributed by atoms with Crippen LogP contribution in [-0.2, 0) is 0 Å². The van der Waals surface area contributed by atoms with Gasteiger partial charge >= 0.3 is 0 Å². The number of nitriles is 1. The van der Waals surface area contributed by atoms with Gasteiger partial charge in [0.15, 0.2) is 5.69 Å². The first-order chi connectivity index (χ1) is 8.17. The summed E-state index contributed by atoms with van der Waals surface area (Å²) in [5, 5.41) is 9.65. The number of hydrogen-bond donors (Lipinski definition) is 0. The Morgan fingerprint density at radius 1 is 1.35 bits per heavy atom. The molecule has 0 bridgehead atoms. The van der Waals surface area contributed by atoms with Crippen LogP contribution < -0.4 is 4.84 Å². The second-order valence-electron chi connectivity index (χ2n) is 3.32. The lowest BCUT2D eigenvalue weighted by Crippen LogP contribution is -2.09. The zero-order valence-electron chi connectivity index (χ0n) is 8.95. The van der Waals surface area contributed by atoms with Crippen molar-refractivity contribution in [2.45, 2.75) is 0 Å². The molecule has 3 nitrogen and oxygen atoms in total. The highest BCUT2D eigenvalue weighted by atomic mass is 79.9. The summed E-state index contributed by atoms with van der Waals surface area (Å²) < 4.78 is 2.28. The molecule has 2 rings (SSSR count). The van der Waals surface area contributed by atoms with Gasteiger partial charge in [-0.1, -0.05) is 23.7 Å². The van der Waals surface area contributed by atoms with Crippen LogP contribution in [-0.4, -0.2) is 11.8 Å². The number of aromatic nitrogens is 1. The number of hydrogen-bond acceptors (Lipinski definition) is 2. The molecule has 0 amide bonds. The summed E-state index contributed by atoms with van der Waals surface area (Å²) in [5.41, 5.74) is 2.15. The molecule has 0 unspecified atom stereocenters. The molecule has 0 N–H and O–H groups in total. The van der Waals surface area contributed by atoms with Crippen LogP contribution in [0.4, 0.5) is 0 Å². The van der Waals surface area contributed by atoms with Crippen molar-refractivity contribution >= 4 is 27.5 Å². The van der Waals surface area contributed by atoms with E-state index in [-0.39, 0.29) is 0 Å². The van der Waals surface area contributed by atoms with Gasteiger partial charge in [0, 0.05) is 15.1 Å². The number of nitrogens with zero attached hydrogens (tertiary/aromatic N) is 2. The first-order valence-corrected chi connectivity index (χ1v) is 5.96. The molecule has 0 aliphatic carbocycles. The Morgan fingerprint density at radius 2 is 2.00 bits per heavy atom. The second-order valence-corrected chi connectivity index (χ2v) is 4.61. The molecule has 0 saturated carbocycles. The highest BCUT2D eigenvalue weighted by molar-refractivity contribution is 9.10. The fourth-order valence-corrected chi connectivity index (χ4v) is 2.33. The normalized spacial score (nSPS) is 10.0. The number of benzene rings is 1. The molecule has 0 fully saturated rings. The molecule has 1 aromatic carbocycles. The molecule has 17 heavy (non-hydrogen) atoms. The van der Waals surface area contributed by atoms with Crippen LogP contribution in [0.2, 0.25) is 5.02 Å². The molecule has 0 radical (unpaired) electrons. The van der Waals surface area contributed by atoms with Crippen molar-refractivity contribution in [1.29, 1.82) is 5.26 Å². The van der Waals surface area contributed by atoms with E-state index in [1.54, 1.807) is 18.2 Å². The van der Waals surface area contributed by atoms with Crippen molar-refractivity contribution in [2.24, 2.45) is 0 Å². The highest BCUT2D eigenvalue weighted by Gasteiger charge is 2.15. The fraction of sp³-hybridized carbons (Fsp3) is 0.0833. The van der Waals surface area contributed by atoms with E-state index < -0.39 is 0 Å². The van der Waals surface area contributed by atoms with Crippen LogP contribution in [0.3, 0.4) is 0 Å². The minimum atomic E-state index is 0.435. The van der Waals surface area contributed by atoms with Crippen LogP contribution in [0.25, 0.3) is 11.3 Å². The minimum Gasteiger partial charge on any atom is -0.416 e. The smallest absolute Gasteiger partial charge is 0.158 e. The van der Waals surface area contributed by atoms with Gasteiger partial charge in [-0.15, -0.1) is 0 Å². The maximum atomic E-state index is 8.99. The number of halogens is 2. The Balaban J connectivity index is 2.63. The molecule has 2 aromatic rings. The van der Waals surface area contributed by atoms with E-state index in [1.165, 1.54) is 11.8 Å². The van der Waals surface area contributed by atoms with E-state index in [1.807, 2.05) is 12.1 Å². The zero-order chi connectivity index (χ0) is 12.4. The van der Waals surface area contributed by atoms with E-state index in [2.05, 4.69) is 22.0 Å². The fourth-order valence-electron chi connectivity index (χ4n) is 1.59. The highest BCUT2D eigenvalue weighted by Crippen LogP contribution is 2.31. The molecular weight excluding hydrogens is 304 g/mol. The minimum absolute atomic E-state index is 0.435. The van der Waals surface area contributed by atoms with Gasteiger partial charge in [-0.2, -0.15) is 9.99 Å². The van der Waals surface area contributed by atoms with Gasteiger partial charge in [-0.3, -0.25) is 0 Å². The Hall–Kier alpha value is -1.44. The molecular formula is C12H8BrClN2O. The largest absolute Gasteiger partial charge is 0.416 e. The molecule has 1 heterocycles. The van der Waals surface area contributed by atoms with E-state index in [9.17, 15) is 0 Å². The van der Waals surface area contributed by atoms with Crippen molar-refractivity contribution in [3.05, 3.63) is 45.5 Å². The van der Waals surface area contributed by atoms with Gasteiger partial charge in [-0.05, 0) is 34.1 Å². The van der Waals surface area contributed by atoms with Gasteiger partial charge in [-0.25, -0.2) is 0 Å². The van der Waals surface area contributed by atoms with Gasteiger partial charge in [0.05, 0.1) is 0 Å². The Labute approximate surface area is 112 Å². The van der Waals surface area contributed by atoms with E-state index in [0.717, 1.165) is 15.7 Å². The van der Waals surface area contributed by atoms with Gasteiger partial charge in [0.2, 0.25) is 0 Å². The van der Waals surface area contributed by atoms with Gasteiger partial charge in [0.1, 0.15) is 18.9 Å². The quantitative estimate of drug-likeness (QED) is 0.851. The lowest BCUT2D eigenvalue weighted by Gasteiger charge is -2.08. The molecule has 0 aliphatic heterocycles. The lowest BCUT2D eigenvalue weighted by atomic mass is 10.2. The summed E-state index contributed by atoms with van der Waals surface area (Å²) in [6.45, 7) is 0. The third kappa shape index (κ3) is 2.17. The van der Waals surface area contributed by atoms with Gasteiger partial charge < -0.3 is 4.84 Å². The number of rotatable bonds is 2. The predicted molar refractivity (Wildman–Crippen MR) is 69.8 cm³/mol. The summed E-state index contributed by atoms with van der Waals surface area (Å²) in [7, 11) is 1.52. The predicted octanol–water partition coefficient (Wildman–Crippen LogP) is 3.50. The molecule has 5 heteroatoms. The first kappa shape index (κ1) is 12.0. The van der Waals surface area contributed by atoms with Crippen LogP contribution in [0, 0.1) is 11.3 Å². The Kier molecular flexibility index (Phi) is 3.41. The van der Waals surface area contributed by atoms with E-state index in [4.69, 9.17) is 21.7 Å². The molecule has 0 saturated heterocycles. The summed E-state index contributed by atoms with van der Waals surface area (Å²) in [5.74, 6) is 0. The van der Waals surface area contributed by atoms with Crippen molar-refractivity contribution in [1.82, 2.24) is 4.73 Å². The van der Waals surface area contributed by atoms with Crippen molar-refractivity contribution in [3.8, 4) is 17.3 Å². The van der Waals surface area contributed by atoms with Crippen LogP contribution in [0.5, 0.6) is 0 Å². The molecule has 86 valence electrons. The van der Waals surface area contributed by atoms with Crippen LogP contribution in [0.15, 0.2) is 34.8 Å². The molecule has 1 aromatic heterocycles. The average Bonchev–Trinajstić information content (AvgIpc) is 2.66. The average molecular weight is 312 g/mol. The maximum absolute atomic E-state index is 8.99. The molecule has 0 spiro atoms.